The van der Waals surface area contributed by atoms with E-state index in [0.717, 1.165) is 29.7 Å². The average Bonchev–Trinajstić information content (AvgIpc) is 2.03. The Morgan fingerprint density at radius 2 is 2.36 bits per heavy atom. The third-order valence-corrected chi connectivity index (χ3v) is 3.01. The highest BCUT2D eigenvalue weighted by molar-refractivity contribution is 6.16. The van der Waals surface area contributed by atoms with Gasteiger partial charge in [0, 0.05) is 16.8 Å². The molecule has 1 rings (SSSR count). The van der Waals surface area contributed by atoms with E-state index in [2.05, 4.69) is 5.73 Å². The van der Waals surface area contributed by atoms with Crippen LogP contribution in [-0.2, 0) is 9.53 Å². The second-order valence-corrected chi connectivity index (χ2v) is 4.70. The summed E-state index contributed by atoms with van der Waals surface area (Å²) < 4.78 is 5.53. The number of hydrogen-bond acceptors (Lipinski definition) is 2. The van der Waals surface area contributed by atoms with Gasteiger partial charge in [0.15, 0.2) is 5.94 Å². The topological polar surface area (TPSA) is 26.3 Å². The maximum absolute atomic E-state index is 9.88. The SMILES string of the molecule is O=C=C=CC1([SiH3])CCCCO1. The predicted molar refractivity (Wildman–Crippen MR) is 46.2 cm³/mol. The lowest BCUT2D eigenvalue weighted by atomic mass is 10.1. The van der Waals surface area contributed by atoms with Gasteiger partial charge in [0.1, 0.15) is 0 Å². The Bertz CT molecular complexity index is 206. The fraction of sp³-hybridized carbons (Fsp3) is 0.625. The van der Waals surface area contributed by atoms with Crippen LogP contribution in [0.4, 0.5) is 0 Å². The summed E-state index contributed by atoms with van der Waals surface area (Å²) in [6.45, 7) is 0.820. The molecule has 1 heterocycles. The molecule has 0 radical (unpaired) electrons. The molecule has 11 heavy (non-hydrogen) atoms. The first-order valence-electron chi connectivity index (χ1n) is 3.88. The van der Waals surface area contributed by atoms with Gasteiger partial charge in [0.25, 0.3) is 0 Å². The third kappa shape index (κ3) is 2.49. The van der Waals surface area contributed by atoms with E-state index in [-0.39, 0.29) is 5.22 Å². The molecule has 1 fully saturated rings. The maximum Gasteiger partial charge on any atom is 0.176 e. The largest absolute Gasteiger partial charge is 0.375 e. The molecule has 1 unspecified atom stereocenters. The lowest BCUT2D eigenvalue weighted by molar-refractivity contribution is 0.0155. The van der Waals surface area contributed by atoms with Crippen LogP contribution in [0, 0.1) is 0 Å². The quantitative estimate of drug-likeness (QED) is 0.308. The Morgan fingerprint density at radius 3 is 2.91 bits per heavy atom. The van der Waals surface area contributed by atoms with E-state index in [4.69, 9.17) is 4.74 Å². The van der Waals surface area contributed by atoms with Crippen molar-refractivity contribution in [3.8, 4) is 0 Å². The van der Waals surface area contributed by atoms with Gasteiger partial charge in [0.2, 0.25) is 0 Å². The Labute approximate surface area is 69.4 Å². The normalized spacial score (nSPS) is 30.5. The van der Waals surface area contributed by atoms with E-state index in [1.54, 1.807) is 12.0 Å². The molecule has 3 heteroatoms. The fourth-order valence-electron chi connectivity index (χ4n) is 1.25. The number of rotatable bonds is 1. The molecule has 0 aromatic rings. The van der Waals surface area contributed by atoms with Crippen molar-refractivity contribution in [2.24, 2.45) is 0 Å². The molecule has 0 bridgehead atoms. The van der Waals surface area contributed by atoms with E-state index < -0.39 is 0 Å². The smallest absolute Gasteiger partial charge is 0.176 e. The van der Waals surface area contributed by atoms with Gasteiger partial charge in [-0.15, -0.1) is 0 Å². The van der Waals surface area contributed by atoms with E-state index in [1.165, 1.54) is 6.42 Å². The minimum atomic E-state index is -0.129. The van der Waals surface area contributed by atoms with Gasteiger partial charge >= 0.3 is 0 Å². The highest BCUT2D eigenvalue weighted by Crippen LogP contribution is 2.22. The molecule has 0 saturated carbocycles. The molecule has 0 spiro atoms. The zero-order valence-corrected chi connectivity index (χ0v) is 8.72. The van der Waals surface area contributed by atoms with Gasteiger partial charge in [-0.1, -0.05) is 0 Å². The molecular weight excluding hydrogens is 156 g/mol. The Hall–Kier alpha value is -0.593. The summed E-state index contributed by atoms with van der Waals surface area (Å²) in [6, 6.07) is 0. The zero-order valence-electron chi connectivity index (χ0n) is 6.72. The van der Waals surface area contributed by atoms with E-state index in [0.29, 0.717) is 0 Å². The van der Waals surface area contributed by atoms with Crippen molar-refractivity contribution < 1.29 is 9.53 Å². The van der Waals surface area contributed by atoms with Gasteiger partial charge in [-0.3, -0.25) is 0 Å². The molecule has 0 aromatic carbocycles. The molecule has 0 N–H and O–H groups in total. The van der Waals surface area contributed by atoms with Crippen molar-refractivity contribution in [3.05, 3.63) is 11.8 Å². The fourth-order valence-corrected chi connectivity index (χ4v) is 1.95. The van der Waals surface area contributed by atoms with Gasteiger partial charge in [-0.05, 0) is 31.1 Å². The zero-order chi connectivity index (χ0) is 8.16. The molecular formula is C8H12O2Si. The Morgan fingerprint density at radius 1 is 1.55 bits per heavy atom. The second kappa shape index (κ2) is 3.70. The van der Waals surface area contributed by atoms with Crippen molar-refractivity contribution in [3.63, 3.8) is 0 Å². The molecule has 1 atom stereocenters. The first-order valence-corrected chi connectivity index (χ1v) is 4.88. The minimum absolute atomic E-state index is 0.129. The van der Waals surface area contributed by atoms with Gasteiger partial charge in [-0.2, -0.15) is 0 Å². The predicted octanol–water partition coefficient (Wildman–Crippen LogP) is -0.209. The van der Waals surface area contributed by atoms with Crippen molar-refractivity contribution in [1.29, 1.82) is 0 Å². The van der Waals surface area contributed by atoms with Crippen LogP contribution in [0.2, 0.25) is 0 Å². The number of ether oxygens (including phenoxy) is 1. The van der Waals surface area contributed by atoms with E-state index in [1.807, 2.05) is 0 Å². The first-order chi connectivity index (χ1) is 5.27. The van der Waals surface area contributed by atoms with Crippen LogP contribution < -0.4 is 0 Å². The van der Waals surface area contributed by atoms with Crippen LogP contribution in [0.25, 0.3) is 0 Å². The van der Waals surface area contributed by atoms with Crippen molar-refractivity contribution in [1.82, 2.24) is 0 Å². The summed E-state index contributed by atoms with van der Waals surface area (Å²) in [4.78, 5) is 9.88. The van der Waals surface area contributed by atoms with Gasteiger partial charge in [-0.25, -0.2) is 4.79 Å². The molecule has 1 aliphatic rings. The van der Waals surface area contributed by atoms with E-state index in [9.17, 15) is 4.79 Å². The molecule has 1 aliphatic heterocycles. The molecule has 0 aliphatic carbocycles. The lowest BCUT2D eigenvalue weighted by Gasteiger charge is -2.30. The van der Waals surface area contributed by atoms with Crippen LogP contribution in [-0.4, -0.2) is 28.0 Å². The van der Waals surface area contributed by atoms with Crippen LogP contribution >= 0.6 is 0 Å². The highest BCUT2D eigenvalue weighted by atomic mass is 28.1. The van der Waals surface area contributed by atoms with Crippen LogP contribution in [0.15, 0.2) is 11.8 Å². The van der Waals surface area contributed by atoms with E-state index >= 15 is 0 Å². The summed E-state index contributed by atoms with van der Waals surface area (Å²) in [5.74, 6) is 1.63. The maximum atomic E-state index is 9.88. The minimum Gasteiger partial charge on any atom is -0.375 e. The Balaban J connectivity index is 2.64. The lowest BCUT2D eigenvalue weighted by Crippen LogP contribution is -2.34. The highest BCUT2D eigenvalue weighted by Gasteiger charge is 2.24. The first kappa shape index (κ1) is 8.50. The molecule has 1 saturated heterocycles. The van der Waals surface area contributed by atoms with Crippen molar-refractivity contribution in [2.75, 3.05) is 6.61 Å². The summed E-state index contributed by atoms with van der Waals surface area (Å²) in [5, 5.41) is -0.129. The average molecular weight is 168 g/mol. The standard InChI is InChI=1S/C8H12O2Si/c9-6-3-5-8(11)4-1-2-7-10-8/h5H,1-2,4,7H2,11H3. The number of hydrogen-bond donors (Lipinski definition) is 0. The van der Waals surface area contributed by atoms with Gasteiger partial charge in [0.05, 0.1) is 5.22 Å². The third-order valence-electron chi connectivity index (χ3n) is 1.94. The summed E-state index contributed by atoms with van der Waals surface area (Å²) >= 11 is 0. The summed E-state index contributed by atoms with van der Waals surface area (Å²) in [7, 11) is 0.925. The molecule has 0 aromatic heterocycles. The summed E-state index contributed by atoms with van der Waals surface area (Å²) in [6.07, 6.45) is 5.10. The summed E-state index contributed by atoms with van der Waals surface area (Å²) in [5.41, 5.74) is 2.44. The van der Waals surface area contributed by atoms with Gasteiger partial charge < -0.3 is 4.74 Å². The Kier molecular flexibility index (Phi) is 2.86. The van der Waals surface area contributed by atoms with Crippen LogP contribution in [0.1, 0.15) is 19.3 Å². The monoisotopic (exact) mass is 168 g/mol. The second-order valence-electron chi connectivity index (χ2n) is 3.01. The van der Waals surface area contributed by atoms with Crippen molar-refractivity contribution in [2.45, 2.75) is 24.5 Å². The van der Waals surface area contributed by atoms with Crippen molar-refractivity contribution >= 4 is 16.2 Å². The molecule has 2 nitrogen and oxygen atoms in total. The van der Waals surface area contributed by atoms with Crippen LogP contribution in [0.3, 0.4) is 0 Å². The van der Waals surface area contributed by atoms with Crippen LogP contribution in [0.5, 0.6) is 0 Å². The molecule has 0 amide bonds. The number of carbonyl (C=O) groups excluding carboxylic acids is 1. The molecule has 60 valence electrons.